The molecule has 0 radical (unpaired) electrons. The number of hydrogen-bond donors (Lipinski definition) is 3. The molecule has 6 rings (SSSR count). The minimum absolute atomic E-state index is 0.0710. The maximum atomic E-state index is 12.5. The summed E-state index contributed by atoms with van der Waals surface area (Å²) < 4.78 is 11.2. The summed E-state index contributed by atoms with van der Waals surface area (Å²) >= 11 is 0. The number of anilines is 3. The number of primary amides is 1. The van der Waals surface area contributed by atoms with Gasteiger partial charge in [-0.25, -0.2) is 9.97 Å². The second kappa shape index (κ2) is 10.6. The van der Waals surface area contributed by atoms with Gasteiger partial charge in [0.05, 0.1) is 25.5 Å². The van der Waals surface area contributed by atoms with E-state index in [4.69, 9.17) is 25.2 Å². The summed E-state index contributed by atoms with van der Waals surface area (Å²) in [7, 11) is 0. The Labute approximate surface area is 222 Å². The predicted octanol–water partition coefficient (Wildman–Crippen LogP) is 3.19. The zero-order valence-corrected chi connectivity index (χ0v) is 21.4. The van der Waals surface area contributed by atoms with E-state index >= 15 is 0 Å². The molecule has 1 amide bonds. The molecule has 2 aromatic heterocycles. The van der Waals surface area contributed by atoms with Crippen LogP contribution in [-0.4, -0.2) is 71.3 Å². The van der Waals surface area contributed by atoms with Crippen LogP contribution in [0.3, 0.4) is 0 Å². The standard InChI is InChI=1S/C28H33N7O3/c29-25(36)24-27(31-20-6-4-19(5-7-20)17-35-12-15-37-16-13-35)34-26(23(33-24)21-3-1-2-11-30-21)32-22-8-14-38-18-28(22)9-10-28/h1-7,11,22H,8-10,12-18H2,(H2,29,36)(H2,31,32,34). The number of morpholine rings is 1. The molecule has 4 N–H and O–H groups in total. The van der Waals surface area contributed by atoms with Gasteiger partial charge in [-0.2, -0.15) is 0 Å². The van der Waals surface area contributed by atoms with Gasteiger partial charge >= 0.3 is 0 Å². The molecule has 3 aliphatic rings. The van der Waals surface area contributed by atoms with Crippen molar-refractivity contribution in [2.45, 2.75) is 31.8 Å². The van der Waals surface area contributed by atoms with Crippen molar-refractivity contribution in [2.75, 3.05) is 50.2 Å². The highest BCUT2D eigenvalue weighted by Crippen LogP contribution is 2.52. The number of benzene rings is 1. The van der Waals surface area contributed by atoms with E-state index in [9.17, 15) is 4.79 Å². The van der Waals surface area contributed by atoms with Crippen LogP contribution in [0.1, 0.15) is 35.3 Å². The highest BCUT2D eigenvalue weighted by molar-refractivity contribution is 5.97. The third-order valence-corrected chi connectivity index (χ3v) is 7.65. The first kappa shape index (κ1) is 24.7. The fourth-order valence-corrected chi connectivity index (χ4v) is 5.25. The summed E-state index contributed by atoms with van der Waals surface area (Å²) in [6.07, 6.45) is 4.83. The third kappa shape index (κ3) is 5.33. The highest BCUT2D eigenvalue weighted by atomic mass is 16.5. The first-order chi connectivity index (χ1) is 18.6. The van der Waals surface area contributed by atoms with E-state index in [1.54, 1.807) is 6.20 Å². The lowest BCUT2D eigenvalue weighted by Gasteiger charge is -2.33. The van der Waals surface area contributed by atoms with Gasteiger partial charge in [-0.05, 0) is 49.1 Å². The highest BCUT2D eigenvalue weighted by Gasteiger charge is 2.51. The Morgan fingerprint density at radius 2 is 1.84 bits per heavy atom. The van der Waals surface area contributed by atoms with Crippen molar-refractivity contribution in [3.05, 3.63) is 59.9 Å². The Bertz CT molecular complexity index is 1280. The van der Waals surface area contributed by atoms with Crippen molar-refractivity contribution in [1.29, 1.82) is 0 Å². The number of nitrogens with one attached hydrogen (secondary N) is 2. The molecule has 198 valence electrons. The molecule has 2 aliphatic heterocycles. The minimum atomic E-state index is -0.655. The SMILES string of the molecule is NC(=O)c1nc(-c2ccccn2)c(NC2CCOCC23CC3)nc1Nc1ccc(CN2CCOCC2)cc1. The molecule has 3 fully saturated rings. The Morgan fingerprint density at radius 3 is 2.55 bits per heavy atom. The summed E-state index contributed by atoms with van der Waals surface area (Å²) in [5.41, 5.74) is 9.12. The van der Waals surface area contributed by atoms with Crippen molar-refractivity contribution in [3.8, 4) is 11.4 Å². The van der Waals surface area contributed by atoms with E-state index in [1.165, 1.54) is 5.56 Å². The molecule has 38 heavy (non-hydrogen) atoms. The largest absolute Gasteiger partial charge is 0.381 e. The molecule has 1 atom stereocenters. The Hall–Kier alpha value is -3.60. The van der Waals surface area contributed by atoms with E-state index in [1.807, 2.05) is 30.3 Å². The minimum Gasteiger partial charge on any atom is -0.381 e. The number of amides is 1. The molecule has 1 spiro atoms. The average molecular weight is 516 g/mol. The first-order valence-corrected chi connectivity index (χ1v) is 13.2. The Balaban J connectivity index is 1.30. The monoisotopic (exact) mass is 515 g/mol. The summed E-state index contributed by atoms with van der Waals surface area (Å²) in [6, 6.07) is 13.9. The van der Waals surface area contributed by atoms with Gasteiger partial charge in [0, 0.05) is 49.6 Å². The van der Waals surface area contributed by atoms with Gasteiger partial charge in [0.1, 0.15) is 5.69 Å². The number of carbonyl (C=O) groups excluding carboxylic acids is 1. The molecule has 4 heterocycles. The van der Waals surface area contributed by atoms with E-state index in [-0.39, 0.29) is 17.2 Å². The van der Waals surface area contributed by atoms with Gasteiger partial charge in [0.25, 0.3) is 5.91 Å². The molecule has 10 nitrogen and oxygen atoms in total. The van der Waals surface area contributed by atoms with Crippen LogP contribution in [0.2, 0.25) is 0 Å². The van der Waals surface area contributed by atoms with Crippen molar-refractivity contribution in [2.24, 2.45) is 11.1 Å². The lowest BCUT2D eigenvalue weighted by atomic mass is 9.92. The van der Waals surface area contributed by atoms with Crippen LogP contribution < -0.4 is 16.4 Å². The van der Waals surface area contributed by atoms with Crippen LogP contribution in [0, 0.1) is 5.41 Å². The van der Waals surface area contributed by atoms with Crippen LogP contribution in [0.25, 0.3) is 11.4 Å². The summed E-state index contributed by atoms with van der Waals surface area (Å²) in [6.45, 7) is 5.73. The molecule has 10 heteroatoms. The van der Waals surface area contributed by atoms with Crippen LogP contribution >= 0.6 is 0 Å². The van der Waals surface area contributed by atoms with Gasteiger partial charge in [0.15, 0.2) is 17.3 Å². The van der Waals surface area contributed by atoms with Crippen LogP contribution in [-0.2, 0) is 16.0 Å². The van der Waals surface area contributed by atoms with Crippen LogP contribution in [0.15, 0.2) is 48.7 Å². The topological polar surface area (TPSA) is 128 Å². The Morgan fingerprint density at radius 1 is 1.03 bits per heavy atom. The number of hydrogen-bond acceptors (Lipinski definition) is 9. The molecule has 1 unspecified atom stereocenters. The Kier molecular flexibility index (Phi) is 6.92. The van der Waals surface area contributed by atoms with Crippen molar-refractivity contribution in [3.63, 3.8) is 0 Å². The number of rotatable bonds is 8. The van der Waals surface area contributed by atoms with Crippen LogP contribution in [0.4, 0.5) is 17.3 Å². The fourth-order valence-electron chi connectivity index (χ4n) is 5.25. The zero-order valence-electron chi connectivity index (χ0n) is 21.4. The second-order valence-electron chi connectivity index (χ2n) is 10.3. The molecular weight excluding hydrogens is 482 g/mol. The van der Waals surface area contributed by atoms with Crippen molar-refractivity contribution in [1.82, 2.24) is 19.9 Å². The van der Waals surface area contributed by atoms with Gasteiger partial charge < -0.3 is 25.8 Å². The third-order valence-electron chi connectivity index (χ3n) is 7.65. The van der Waals surface area contributed by atoms with Crippen molar-refractivity contribution >= 4 is 23.2 Å². The van der Waals surface area contributed by atoms with E-state index < -0.39 is 5.91 Å². The van der Waals surface area contributed by atoms with E-state index in [2.05, 4.69) is 32.7 Å². The molecule has 1 saturated carbocycles. The normalized spacial score (nSPS) is 20.7. The number of nitrogens with two attached hydrogens (primary N) is 1. The average Bonchev–Trinajstić information content (AvgIpc) is 3.72. The quantitative estimate of drug-likeness (QED) is 0.414. The number of ether oxygens (including phenoxy) is 2. The van der Waals surface area contributed by atoms with Gasteiger partial charge in [-0.15, -0.1) is 0 Å². The number of pyridine rings is 1. The van der Waals surface area contributed by atoms with Crippen molar-refractivity contribution < 1.29 is 14.3 Å². The summed E-state index contributed by atoms with van der Waals surface area (Å²) in [4.78, 5) is 28.9. The van der Waals surface area contributed by atoms with E-state index in [0.29, 0.717) is 29.6 Å². The maximum Gasteiger partial charge on any atom is 0.271 e. The molecule has 1 aliphatic carbocycles. The molecule has 0 bridgehead atoms. The van der Waals surface area contributed by atoms with Gasteiger partial charge in [-0.1, -0.05) is 18.2 Å². The van der Waals surface area contributed by atoms with E-state index in [0.717, 1.165) is 64.4 Å². The number of nitrogens with zero attached hydrogens (tertiary/aromatic N) is 4. The zero-order chi connectivity index (χ0) is 26.0. The summed E-state index contributed by atoms with van der Waals surface area (Å²) in [5.74, 6) is 0.244. The van der Waals surface area contributed by atoms with Crippen LogP contribution in [0.5, 0.6) is 0 Å². The first-order valence-electron chi connectivity index (χ1n) is 13.2. The molecule has 2 saturated heterocycles. The molecule has 1 aromatic carbocycles. The predicted molar refractivity (Wildman–Crippen MR) is 144 cm³/mol. The summed E-state index contributed by atoms with van der Waals surface area (Å²) in [5, 5.41) is 6.93. The molecular formula is C28H33N7O3. The molecule has 3 aromatic rings. The smallest absolute Gasteiger partial charge is 0.271 e. The lowest BCUT2D eigenvalue weighted by Crippen LogP contribution is -2.39. The van der Waals surface area contributed by atoms with Gasteiger partial charge in [0.2, 0.25) is 0 Å². The number of aromatic nitrogens is 3. The maximum absolute atomic E-state index is 12.5. The fraction of sp³-hybridized carbons (Fsp3) is 0.429. The second-order valence-corrected chi connectivity index (χ2v) is 10.3. The lowest BCUT2D eigenvalue weighted by molar-refractivity contribution is 0.0342. The number of carbonyl (C=O) groups is 1. The van der Waals surface area contributed by atoms with Gasteiger partial charge in [-0.3, -0.25) is 14.7 Å².